The van der Waals surface area contributed by atoms with E-state index in [1.807, 2.05) is 0 Å². The minimum Gasteiger partial charge on any atom is -0.480 e. The molecule has 2 unspecified atom stereocenters. The van der Waals surface area contributed by atoms with Crippen LogP contribution in [0.2, 0.25) is 0 Å². The molecule has 21 heteroatoms. The molecule has 1 fully saturated rings. The van der Waals surface area contributed by atoms with Gasteiger partial charge in [-0.05, 0) is 32.2 Å². The van der Waals surface area contributed by atoms with Crippen molar-refractivity contribution >= 4 is 35.7 Å². The Balaban J connectivity index is 2.15. The van der Waals surface area contributed by atoms with Gasteiger partial charge < -0.3 is 79.4 Å². The molecule has 2 heterocycles. The fraction of sp³-hybridized carbons (Fsp3) is 0.778. The van der Waals surface area contributed by atoms with E-state index < -0.39 is 85.3 Å². The van der Waals surface area contributed by atoms with Gasteiger partial charge in [0.25, 0.3) is 0 Å². The van der Waals surface area contributed by atoms with Crippen LogP contribution in [0.5, 0.6) is 0 Å². The van der Waals surface area contributed by atoms with Gasteiger partial charge >= 0.3 is 12.1 Å². The summed E-state index contributed by atoms with van der Waals surface area (Å²) in [6.45, 7) is 0.945. The number of nitrogens with zero attached hydrogens (tertiary/aromatic N) is 1. The van der Waals surface area contributed by atoms with E-state index in [4.69, 9.17) is 32.4 Å². The lowest BCUT2D eigenvalue weighted by Gasteiger charge is -2.44. The third-order valence-electron chi connectivity index (χ3n) is 7.70. The second-order valence-electron chi connectivity index (χ2n) is 11.6. The van der Waals surface area contributed by atoms with Gasteiger partial charge in [0.1, 0.15) is 18.2 Å². The highest BCUT2D eigenvalue weighted by Gasteiger charge is 2.49. The number of primary amides is 1. The first-order valence-electron chi connectivity index (χ1n) is 15.6. The van der Waals surface area contributed by atoms with Crippen LogP contribution in [0, 0.1) is 0 Å². The van der Waals surface area contributed by atoms with E-state index in [9.17, 15) is 44.4 Å². The first kappa shape index (κ1) is 40.3. The van der Waals surface area contributed by atoms with Crippen molar-refractivity contribution in [2.45, 2.75) is 106 Å². The maximum Gasteiger partial charge on any atom is 0.404 e. The fourth-order valence-corrected chi connectivity index (χ4v) is 5.38. The van der Waals surface area contributed by atoms with Gasteiger partial charge in [-0.15, -0.1) is 0 Å². The molecule has 2 aliphatic rings. The van der Waals surface area contributed by atoms with Gasteiger partial charge in [-0.25, -0.2) is 14.6 Å². The van der Waals surface area contributed by atoms with Crippen molar-refractivity contribution in [1.82, 2.24) is 26.6 Å². The molecule has 21 nitrogen and oxygen atoms in total. The van der Waals surface area contributed by atoms with Crippen LogP contribution in [0.3, 0.4) is 0 Å². The highest BCUT2D eigenvalue weighted by atomic mass is 16.6. The average Bonchev–Trinajstić information content (AvgIpc) is 3.44. The van der Waals surface area contributed by atoms with Crippen molar-refractivity contribution in [2.24, 2.45) is 27.9 Å². The number of carboxylic acids is 1. The van der Waals surface area contributed by atoms with Gasteiger partial charge in [0, 0.05) is 44.9 Å². The Bertz CT molecular complexity index is 1130. The molecular weight excluding hydrogens is 640 g/mol. The molecule has 10 atom stereocenters. The predicted octanol–water partition coefficient (Wildman–Crippen LogP) is -6.05. The van der Waals surface area contributed by atoms with Crippen LogP contribution in [0.4, 0.5) is 4.79 Å². The van der Waals surface area contributed by atoms with Crippen LogP contribution in [-0.2, 0) is 28.7 Å². The topological polar surface area (TPSA) is 361 Å². The SMILES string of the molecule is CC(=O)NC(CCCNC(=O)CC(N)CCCN)CC(=O)N[C@@H]1[C@@H](O)[C@H](OC(N)=O)[C@@H](CO)O[C@H]1NC1=N[C@H](C(=O)O)[C@@H]([C@H](O)CN)N1. The summed E-state index contributed by atoms with van der Waals surface area (Å²) in [4.78, 5) is 64.6. The standard InChI is InChI=1S/C27H50N10O11/c1-12(39)33-14(5-3-7-32-17(41)8-13(30)4-2-6-28)9-18(42)34-21-22(43)23(48-26(31)46)16(11-38)47-24(21)37-27-35-19(15(40)10-29)20(36-27)25(44)45/h13-16,19-24,38,40,43H,2-11,28-30H2,1H3,(H2,31,46)(H,32,41)(H,33,39)(H,34,42)(H,44,45)(H2,35,36,37)/t13?,14?,15-,16-,19-,20+,21-,22-,23-,24-/m1/s1. The number of nitrogens with one attached hydrogen (secondary N) is 5. The Kier molecular flexibility index (Phi) is 16.7. The van der Waals surface area contributed by atoms with E-state index in [0.29, 0.717) is 25.8 Å². The first-order chi connectivity index (χ1) is 22.7. The van der Waals surface area contributed by atoms with Crippen LogP contribution in [0.1, 0.15) is 45.4 Å². The first-order valence-corrected chi connectivity index (χ1v) is 15.6. The maximum atomic E-state index is 13.3. The second kappa shape index (κ2) is 19.8. The number of aliphatic hydroxyl groups is 3. The molecule has 0 radical (unpaired) electrons. The molecule has 4 amide bonds. The molecule has 0 spiro atoms. The maximum absolute atomic E-state index is 13.3. The Morgan fingerprint density at radius 2 is 1.81 bits per heavy atom. The second-order valence-corrected chi connectivity index (χ2v) is 11.6. The molecule has 0 aliphatic carbocycles. The van der Waals surface area contributed by atoms with Crippen molar-refractivity contribution in [1.29, 1.82) is 0 Å². The number of rotatable bonds is 19. The number of hydrogen-bond donors (Lipinski definition) is 13. The molecule has 274 valence electrons. The van der Waals surface area contributed by atoms with E-state index in [0.717, 1.165) is 0 Å². The van der Waals surface area contributed by atoms with Gasteiger partial charge in [0.2, 0.25) is 17.7 Å². The summed E-state index contributed by atoms with van der Waals surface area (Å²) in [5.41, 5.74) is 22.0. The number of carboxylic acid groups (broad SMARTS) is 1. The fourth-order valence-electron chi connectivity index (χ4n) is 5.38. The number of hydrogen-bond acceptors (Lipinski definition) is 16. The Hall–Kier alpha value is -3.86. The van der Waals surface area contributed by atoms with E-state index in [2.05, 4.69) is 31.6 Å². The molecule has 48 heavy (non-hydrogen) atoms. The van der Waals surface area contributed by atoms with Crippen molar-refractivity contribution in [3.63, 3.8) is 0 Å². The predicted molar refractivity (Wildman–Crippen MR) is 167 cm³/mol. The number of ether oxygens (including phenoxy) is 2. The number of guanidine groups is 1. The largest absolute Gasteiger partial charge is 0.480 e. The van der Waals surface area contributed by atoms with Gasteiger partial charge in [-0.1, -0.05) is 0 Å². The van der Waals surface area contributed by atoms with Crippen LogP contribution in [-0.4, -0.2) is 143 Å². The molecule has 2 aliphatic heterocycles. The molecule has 1 saturated heterocycles. The van der Waals surface area contributed by atoms with Gasteiger partial charge in [0.15, 0.2) is 24.3 Å². The summed E-state index contributed by atoms with van der Waals surface area (Å²) < 4.78 is 10.7. The van der Waals surface area contributed by atoms with Crippen LogP contribution < -0.4 is 49.5 Å². The Labute approximate surface area is 276 Å². The van der Waals surface area contributed by atoms with Gasteiger partial charge in [-0.3, -0.25) is 14.4 Å². The average molecular weight is 691 g/mol. The van der Waals surface area contributed by atoms with Crippen LogP contribution in [0.25, 0.3) is 0 Å². The van der Waals surface area contributed by atoms with Crippen LogP contribution in [0.15, 0.2) is 4.99 Å². The lowest BCUT2D eigenvalue weighted by atomic mass is 9.95. The molecule has 0 aromatic carbocycles. The molecule has 0 bridgehead atoms. The zero-order valence-electron chi connectivity index (χ0n) is 26.7. The van der Waals surface area contributed by atoms with Crippen LogP contribution >= 0.6 is 0 Å². The highest BCUT2D eigenvalue weighted by Crippen LogP contribution is 2.24. The molecule has 17 N–H and O–H groups in total. The zero-order chi connectivity index (χ0) is 36.0. The molecule has 0 aromatic rings. The highest BCUT2D eigenvalue weighted by molar-refractivity contribution is 5.89. The van der Waals surface area contributed by atoms with Gasteiger partial charge in [-0.2, -0.15) is 0 Å². The normalized spacial score (nSPS) is 27.0. The van der Waals surface area contributed by atoms with Crippen molar-refractivity contribution in [3.05, 3.63) is 0 Å². The van der Waals surface area contributed by atoms with Gasteiger partial charge in [0.05, 0.1) is 18.8 Å². The third-order valence-corrected chi connectivity index (χ3v) is 7.70. The lowest BCUT2D eigenvalue weighted by Crippen LogP contribution is -2.69. The smallest absolute Gasteiger partial charge is 0.404 e. The molecule has 0 aromatic heterocycles. The van der Waals surface area contributed by atoms with E-state index in [1.165, 1.54) is 6.92 Å². The number of carbonyl (C=O) groups excluding carboxylic acids is 4. The molecule has 2 rings (SSSR count). The number of amides is 4. The lowest BCUT2D eigenvalue weighted by molar-refractivity contribution is -0.198. The summed E-state index contributed by atoms with van der Waals surface area (Å²) in [5.74, 6) is -2.92. The van der Waals surface area contributed by atoms with Crippen molar-refractivity contribution < 1.29 is 53.9 Å². The van der Waals surface area contributed by atoms with Crippen molar-refractivity contribution in [2.75, 3.05) is 26.2 Å². The van der Waals surface area contributed by atoms with E-state index >= 15 is 0 Å². The minimum atomic E-state index is -1.72. The van der Waals surface area contributed by atoms with E-state index in [-0.39, 0.29) is 50.3 Å². The zero-order valence-corrected chi connectivity index (χ0v) is 26.7. The Morgan fingerprint density at radius 1 is 1.10 bits per heavy atom. The number of aliphatic carboxylic acids is 1. The number of nitrogens with two attached hydrogens (primary N) is 4. The summed E-state index contributed by atoms with van der Waals surface area (Å²) in [6.07, 6.45) is -6.80. The third kappa shape index (κ3) is 12.6. The number of carbonyl (C=O) groups is 5. The molecule has 0 saturated carbocycles. The summed E-state index contributed by atoms with van der Waals surface area (Å²) in [7, 11) is 0. The van der Waals surface area contributed by atoms with E-state index in [1.54, 1.807) is 0 Å². The van der Waals surface area contributed by atoms with Crippen molar-refractivity contribution in [3.8, 4) is 0 Å². The Morgan fingerprint density at radius 3 is 2.40 bits per heavy atom. The summed E-state index contributed by atoms with van der Waals surface area (Å²) >= 11 is 0. The quantitative estimate of drug-likeness (QED) is 0.0561. The summed E-state index contributed by atoms with van der Waals surface area (Å²) in [6, 6.07) is -5.03. The molecular formula is C27H50N10O11. The minimum absolute atomic E-state index is 0.128. The number of aliphatic imine (C=N–C) groups is 1. The number of aliphatic hydroxyl groups excluding tert-OH is 3. The monoisotopic (exact) mass is 690 g/mol. The summed E-state index contributed by atoms with van der Waals surface area (Å²) in [5, 5.41) is 54.2.